The Morgan fingerprint density at radius 3 is 2.76 bits per heavy atom. The number of benzene rings is 1. The van der Waals surface area contributed by atoms with Crippen LogP contribution in [0.25, 0.3) is 10.8 Å². The van der Waals surface area contributed by atoms with Gasteiger partial charge in [-0.05, 0) is 58.3 Å². The number of aromatic nitrogens is 1. The van der Waals surface area contributed by atoms with Gasteiger partial charge < -0.3 is 4.74 Å². The molecule has 1 aromatic carbocycles. The number of fused-ring (bicyclic) bond motifs is 2. The van der Waals surface area contributed by atoms with Gasteiger partial charge in [0, 0.05) is 27.6 Å². The predicted octanol–water partition coefficient (Wildman–Crippen LogP) is 4.30. The third-order valence-electron chi connectivity index (χ3n) is 4.05. The van der Waals surface area contributed by atoms with Crippen LogP contribution in [0, 0.1) is 5.41 Å². The Morgan fingerprint density at radius 1 is 1.33 bits per heavy atom. The summed E-state index contributed by atoms with van der Waals surface area (Å²) >= 11 is 3.71. The van der Waals surface area contributed by atoms with Gasteiger partial charge in [-0.15, -0.1) is 0 Å². The monoisotopic (exact) mass is 347 g/mol. The van der Waals surface area contributed by atoms with Crippen molar-refractivity contribution in [2.75, 3.05) is 6.61 Å². The Balaban J connectivity index is 2.35. The van der Waals surface area contributed by atoms with Crippen molar-refractivity contribution < 1.29 is 9.53 Å². The summed E-state index contributed by atoms with van der Waals surface area (Å²) in [6, 6.07) is 1.90. The molecule has 0 aliphatic heterocycles. The fourth-order valence-electron chi connectivity index (χ4n) is 3.23. The number of esters is 1. The Hall–Kier alpha value is -1.42. The summed E-state index contributed by atoms with van der Waals surface area (Å²) in [6.45, 7) is 6.69. The summed E-state index contributed by atoms with van der Waals surface area (Å²) in [5.74, 6) is -0.227. The average Bonchev–Trinajstić information content (AvgIpc) is 2.75. The molecular weight excluding hydrogens is 330 g/mol. The van der Waals surface area contributed by atoms with E-state index >= 15 is 0 Å². The van der Waals surface area contributed by atoms with Crippen LogP contribution in [0.15, 0.2) is 22.9 Å². The fourth-order valence-corrected chi connectivity index (χ4v) is 3.93. The molecule has 0 fully saturated rings. The second kappa shape index (κ2) is 5.09. The molecule has 0 bridgehead atoms. The maximum atomic E-state index is 12.5. The Kier molecular flexibility index (Phi) is 3.52. The maximum absolute atomic E-state index is 12.5. The second-order valence-corrected chi connectivity index (χ2v) is 7.10. The van der Waals surface area contributed by atoms with E-state index in [9.17, 15) is 4.79 Å². The first kappa shape index (κ1) is 14.5. The molecule has 3 nitrogen and oxygen atoms in total. The molecule has 21 heavy (non-hydrogen) atoms. The van der Waals surface area contributed by atoms with Gasteiger partial charge in [0.15, 0.2) is 0 Å². The van der Waals surface area contributed by atoms with E-state index in [1.807, 2.05) is 19.2 Å². The lowest BCUT2D eigenvalue weighted by Gasteiger charge is -2.15. The number of carbonyl (C=O) groups is 1. The van der Waals surface area contributed by atoms with Crippen LogP contribution in [0.5, 0.6) is 0 Å². The molecule has 0 atom stereocenters. The molecule has 1 aliphatic rings. The van der Waals surface area contributed by atoms with Gasteiger partial charge in [0.1, 0.15) is 0 Å². The fraction of sp³-hybridized carbons (Fsp3) is 0.412. The zero-order valence-electron chi connectivity index (χ0n) is 12.5. The first-order valence-corrected chi connectivity index (χ1v) is 7.98. The Labute approximate surface area is 132 Å². The van der Waals surface area contributed by atoms with Crippen molar-refractivity contribution in [2.24, 2.45) is 5.41 Å². The van der Waals surface area contributed by atoms with Crippen LogP contribution in [0.2, 0.25) is 0 Å². The molecule has 0 amide bonds. The van der Waals surface area contributed by atoms with Crippen molar-refractivity contribution >= 4 is 32.7 Å². The van der Waals surface area contributed by atoms with Gasteiger partial charge in [0.2, 0.25) is 0 Å². The van der Waals surface area contributed by atoms with Crippen molar-refractivity contribution in [3.63, 3.8) is 0 Å². The topological polar surface area (TPSA) is 39.2 Å². The van der Waals surface area contributed by atoms with Gasteiger partial charge in [-0.1, -0.05) is 13.8 Å². The lowest BCUT2D eigenvalue weighted by Crippen LogP contribution is -2.12. The minimum atomic E-state index is -0.227. The van der Waals surface area contributed by atoms with Crippen molar-refractivity contribution in [3.8, 4) is 0 Å². The number of carbonyl (C=O) groups excluding carboxylic acids is 1. The normalized spacial score (nSPS) is 16.0. The number of rotatable bonds is 2. The van der Waals surface area contributed by atoms with Gasteiger partial charge in [-0.3, -0.25) is 4.98 Å². The number of nitrogens with zero attached hydrogens (tertiary/aromatic N) is 1. The van der Waals surface area contributed by atoms with E-state index in [1.54, 1.807) is 6.20 Å². The molecule has 0 unspecified atom stereocenters. The van der Waals surface area contributed by atoms with E-state index < -0.39 is 0 Å². The minimum absolute atomic E-state index is 0.164. The van der Waals surface area contributed by atoms with Crippen LogP contribution in [-0.2, 0) is 17.6 Å². The van der Waals surface area contributed by atoms with Crippen molar-refractivity contribution in [1.82, 2.24) is 4.98 Å². The van der Waals surface area contributed by atoms with Crippen LogP contribution < -0.4 is 0 Å². The van der Waals surface area contributed by atoms with Gasteiger partial charge >= 0.3 is 5.97 Å². The molecule has 4 heteroatoms. The minimum Gasteiger partial charge on any atom is -0.462 e. The number of hydrogen-bond donors (Lipinski definition) is 0. The molecule has 1 heterocycles. The van der Waals surface area contributed by atoms with E-state index in [4.69, 9.17) is 4.74 Å². The molecule has 110 valence electrons. The summed E-state index contributed by atoms with van der Waals surface area (Å²) in [5.41, 5.74) is 3.24. The first-order chi connectivity index (χ1) is 9.94. The zero-order chi connectivity index (χ0) is 15.2. The maximum Gasteiger partial charge on any atom is 0.339 e. The predicted molar refractivity (Wildman–Crippen MR) is 86.6 cm³/mol. The van der Waals surface area contributed by atoms with Gasteiger partial charge in [-0.25, -0.2) is 4.79 Å². The summed E-state index contributed by atoms with van der Waals surface area (Å²) in [5, 5.41) is 1.91. The molecule has 1 aromatic heterocycles. The molecule has 1 aliphatic carbocycles. The highest BCUT2D eigenvalue weighted by Crippen LogP contribution is 2.45. The second-order valence-electron chi connectivity index (χ2n) is 6.31. The number of pyridine rings is 1. The lowest BCUT2D eigenvalue weighted by atomic mass is 9.90. The molecule has 0 saturated heterocycles. The Bertz CT molecular complexity index is 737. The van der Waals surface area contributed by atoms with E-state index in [0.29, 0.717) is 6.61 Å². The van der Waals surface area contributed by atoms with Gasteiger partial charge in [0.05, 0.1) is 12.2 Å². The molecular formula is C17H18BrNO2. The average molecular weight is 348 g/mol. The van der Waals surface area contributed by atoms with Crippen molar-refractivity contribution in [1.29, 1.82) is 0 Å². The van der Waals surface area contributed by atoms with Crippen molar-refractivity contribution in [3.05, 3.63) is 39.6 Å². The summed E-state index contributed by atoms with van der Waals surface area (Å²) in [4.78, 5) is 16.7. The van der Waals surface area contributed by atoms with Crippen LogP contribution >= 0.6 is 15.9 Å². The highest BCUT2D eigenvalue weighted by Gasteiger charge is 2.35. The van der Waals surface area contributed by atoms with Gasteiger partial charge in [0.25, 0.3) is 0 Å². The van der Waals surface area contributed by atoms with Gasteiger partial charge in [-0.2, -0.15) is 0 Å². The molecule has 0 spiro atoms. The SMILES string of the molecule is CCOC(=O)c1c2c(c(Br)c3cnccc13)CC(C)(C)C2. The van der Waals surface area contributed by atoms with Crippen LogP contribution in [0.3, 0.4) is 0 Å². The largest absolute Gasteiger partial charge is 0.462 e. The van der Waals surface area contributed by atoms with Crippen LogP contribution in [0.1, 0.15) is 42.3 Å². The Morgan fingerprint density at radius 2 is 2.05 bits per heavy atom. The highest BCUT2D eigenvalue weighted by molar-refractivity contribution is 9.10. The van der Waals surface area contributed by atoms with E-state index in [0.717, 1.165) is 39.2 Å². The molecule has 3 rings (SSSR count). The summed E-state index contributed by atoms with van der Waals surface area (Å²) < 4.78 is 6.36. The number of halogens is 1. The van der Waals surface area contributed by atoms with E-state index in [2.05, 4.69) is 34.8 Å². The lowest BCUT2D eigenvalue weighted by molar-refractivity contribution is 0.0527. The quantitative estimate of drug-likeness (QED) is 0.760. The zero-order valence-corrected chi connectivity index (χ0v) is 14.1. The summed E-state index contributed by atoms with van der Waals surface area (Å²) in [6.07, 6.45) is 5.39. The summed E-state index contributed by atoms with van der Waals surface area (Å²) in [7, 11) is 0. The van der Waals surface area contributed by atoms with E-state index in [1.165, 1.54) is 5.56 Å². The third-order valence-corrected chi connectivity index (χ3v) is 4.95. The van der Waals surface area contributed by atoms with Crippen molar-refractivity contribution in [2.45, 2.75) is 33.6 Å². The molecule has 0 saturated carbocycles. The van der Waals surface area contributed by atoms with Crippen LogP contribution in [-0.4, -0.2) is 17.6 Å². The smallest absolute Gasteiger partial charge is 0.339 e. The number of hydrogen-bond acceptors (Lipinski definition) is 3. The highest BCUT2D eigenvalue weighted by atomic mass is 79.9. The molecule has 2 aromatic rings. The van der Waals surface area contributed by atoms with E-state index in [-0.39, 0.29) is 11.4 Å². The number of ether oxygens (including phenoxy) is 1. The third kappa shape index (κ3) is 2.35. The molecule has 0 radical (unpaired) electrons. The first-order valence-electron chi connectivity index (χ1n) is 7.18. The standard InChI is InChI=1S/C17H18BrNO2/c1-4-21-16(20)14-10-5-6-19-9-13(10)15(18)12-8-17(2,3)7-11(12)14/h5-6,9H,4,7-8H2,1-3H3. The molecule has 0 N–H and O–H groups in total. The van der Waals surface area contributed by atoms with Crippen LogP contribution in [0.4, 0.5) is 0 Å².